The van der Waals surface area contributed by atoms with Crippen LogP contribution >= 0.6 is 37.2 Å². The molecule has 0 amide bonds. The second-order valence-corrected chi connectivity index (χ2v) is 14.0. The highest BCUT2D eigenvalue weighted by molar-refractivity contribution is 5.88. The standard InChI is InChI=1S/3C14H17N3O.3ClH/c3*18-13-4-3-11(10-17-8-6-15-7-9-17)12-2-1-5-16-14(12)13;;;/h3*1-5,15,18H,6-10H2;3*1H. The van der Waals surface area contributed by atoms with E-state index in [4.69, 9.17) is 0 Å². The summed E-state index contributed by atoms with van der Waals surface area (Å²) in [6.07, 6.45) is 5.16. The lowest BCUT2D eigenvalue weighted by Gasteiger charge is -2.27. The SMILES string of the molecule is Cl.Cl.Cl.Oc1ccc(CN2CCNCC2)c2cccnc12.Oc1ccc(CN2CCNCC2)c2cccnc12.Oc1ccc(CN2CCNCC2)c2cccnc12. The predicted octanol–water partition coefficient (Wildman–Crippen LogP) is 5.30. The Morgan fingerprint density at radius 1 is 0.404 bits per heavy atom. The van der Waals surface area contributed by atoms with E-state index >= 15 is 0 Å². The van der Waals surface area contributed by atoms with Gasteiger partial charge in [0.25, 0.3) is 0 Å². The maximum absolute atomic E-state index is 9.82. The van der Waals surface area contributed by atoms with Crippen molar-refractivity contribution < 1.29 is 15.3 Å². The third-order valence-electron chi connectivity index (χ3n) is 10.3. The quantitative estimate of drug-likeness (QED) is 0.130. The van der Waals surface area contributed by atoms with Crippen LogP contribution in [0, 0.1) is 0 Å². The molecule has 0 aliphatic carbocycles. The van der Waals surface area contributed by atoms with Gasteiger partial charge < -0.3 is 31.3 Å². The van der Waals surface area contributed by atoms with Crippen LogP contribution in [0.2, 0.25) is 0 Å². The molecule has 15 heteroatoms. The molecule has 3 fully saturated rings. The highest BCUT2D eigenvalue weighted by Crippen LogP contribution is 2.28. The van der Waals surface area contributed by atoms with Gasteiger partial charge in [0.2, 0.25) is 0 Å². The number of pyridine rings is 3. The fourth-order valence-electron chi connectivity index (χ4n) is 7.39. The number of aromatic hydroxyl groups is 3. The number of halogens is 3. The highest BCUT2D eigenvalue weighted by atomic mass is 35.5. The lowest BCUT2D eigenvalue weighted by molar-refractivity contribution is 0.234. The largest absolute Gasteiger partial charge is 0.506 e. The van der Waals surface area contributed by atoms with Gasteiger partial charge in [-0.15, -0.1) is 37.2 Å². The molecule has 12 nitrogen and oxygen atoms in total. The van der Waals surface area contributed by atoms with Crippen molar-refractivity contribution >= 4 is 69.9 Å². The van der Waals surface area contributed by atoms with Gasteiger partial charge in [0.1, 0.15) is 33.8 Å². The Morgan fingerprint density at radius 2 is 0.667 bits per heavy atom. The monoisotopic (exact) mass is 837 g/mol. The van der Waals surface area contributed by atoms with Gasteiger partial charge in [0.05, 0.1) is 0 Å². The second-order valence-electron chi connectivity index (χ2n) is 14.0. The summed E-state index contributed by atoms with van der Waals surface area (Å²) in [5.41, 5.74) is 5.80. The van der Waals surface area contributed by atoms with Crippen molar-refractivity contribution in [1.82, 2.24) is 45.6 Å². The summed E-state index contributed by atoms with van der Waals surface area (Å²) in [5, 5.41) is 42.7. The van der Waals surface area contributed by atoms with Gasteiger partial charge in [0.15, 0.2) is 0 Å². The van der Waals surface area contributed by atoms with Gasteiger partial charge in [-0.3, -0.25) is 29.7 Å². The summed E-state index contributed by atoms with van der Waals surface area (Å²) in [5.74, 6) is 0.777. The summed E-state index contributed by atoms with van der Waals surface area (Å²) in [4.78, 5) is 20.0. The van der Waals surface area contributed by atoms with Crippen molar-refractivity contribution in [2.24, 2.45) is 0 Å². The topological polar surface area (TPSA) is 145 Å². The molecule has 3 saturated heterocycles. The lowest BCUT2D eigenvalue weighted by atomic mass is 10.1. The van der Waals surface area contributed by atoms with Crippen LogP contribution in [0.3, 0.4) is 0 Å². The van der Waals surface area contributed by atoms with Crippen molar-refractivity contribution in [2.75, 3.05) is 78.5 Å². The first kappa shape index (κ1) is 45.6. The van der Waals surface area contributed by atoms with E-state index in [1.54, 1.807) is 36.8 Å². The van der Waals surface area contributed by atoms with Crippen LogP contribution in [0.4, 0.5) is 0 Å². The summed E-state index contributed by atoms with van der Waals surface area (Å²) in [6, 6.07) is 23.1. The number of rotatable bonds is 6. The third-order valence-corrected chi connectivity index (χ3v) is 10.3. The summed E-state index contributed by atoms with van der Waals surface area (Å²) < 4.78 is 0. The maximum atomic E-state index is 9.82. The van der Waals surface area contributed by atoms with Crippen molar-refractivity contribution in [3.8, 4) is 17.2 Å². The predicted molar refractivity (Wildman–Crippen MR) is 236 cm³/mol. The maximum Gasteiger partial charge on any atom is 0.141 e. The molecule has 0 saturated carbocycles. The molecule has 6 aromatic rings. The summed E-state index contributed by atoms with van der Waals surface area (Å²) >= 11 is 0. The van der Waals surface area contributed by atoms with Crippen LogP contribution in [-0.2, 0) is 19.6 Å². The van der Waals surface area contributed by atoms with Gasteiger partial charge in [-0.2, -0.15) is 0 Å². The van der Waals surface area contributed by atoms with Crippen molar-refractivity contribution in [3.05, 3.63) is 108 Å². The molecule has 0 spiro atoms. The number of aromatic nitrogens is 3. The third kappa shape index (κ3) is 12.0. The number of piperazine rings is 3. The lowest BCUT2D eigenvalue weighted by Crippen LogP contribution is -2.42. The molecule has 57 heavy (non-hydrogen) atoms. The van der Waals surface area contributed by atoms with Gasteiger partial charge in [-0.05, 0) is 53.1 Å². The second kappa shape index (κ2) is 22.8. The smallest absolute Gasteiger partial charge is 0.141 e. The van der Waals surface area contributed by atoms with Crippen LogP contribution < -0.4 is 16.0 Å². The minimum absolute atomic E-state index is 0. The number of phenols is 3. The van der Waals surface area contributed by atoms with Gasteiger partial charge >= 0.3 is 0 Å². The normalized spacial score (nSPS) is 16.2. The number of nitrogens with zero attached hydrogens (tertiary/aromatic N) is 6. The van der Waals surface area contributed by atoms with E-state index in [1.165, 1.54) is 16.7 Å². The molecule has 9 rings (SSSR count). The van der Waals surface area contributed by atoms with Crippen LogP contribution in [0.25, 0.3) is 32.7 Å². The Balaban J connectivity index is 0.000000185. The Bertz CT molecular complexity index is 1910. The van der Waals surface area contributed by atoms with Gasteiger partial charge in [-0.25, -0.2) is 0 Å². The van der Waals surface area contributed by atoms with Gasteiger partial charge in [0, 0.05) is 133 Å². The van der Waals surface area contributed by atoms with E-state index in [0.717, 1.165) is 114 Å². The molecule has 306 valence electrons. The first-order valence-corrected chi connectivity index (χ1v) is 19.0. The van der Waals surface area contributed by atoms with Crippen LogP contribution in [0.15, 0.2) is 91.4 Å². The highest BCUT2D eigenvalue weighted by Gasteiger charge is 2.15. The number of fused-ring (bicyclic) bond motifs is 3. The number of benzene rings is 3. The fourth-order valence-corrected chi connectivity index (χ4v) is 7.39. The Hall–Kier alpha value is -4.08. The average Bonchev–Trinajstić information content (AvgIpc) is 3.23. The number of phenolic OH excluding ortho intramolecular Hbond substituents is 3. The molecule has 0 atom stereocenters. The van der Waals surface area contributed by atoms with E-state index < -0.39 is 0 Å². The number of nitrogens with one attached hydrogen (secondary N) is 3. The molecule has 0 bridgehead atoms. The minimum atomic E-state index is 0. The zero-order valence-corrected chi connectivity index (χ0v) is 34.5. The molecular formula is C42H54Cl3N9O3. The zero-order chi connectivity index (χ0) is 37.1. The van der Waals surface area contributed by atoms with E-state index in [2.05, 4.69) is 45.6 Å². The van der Waals surface area contributed by atoms with Crippen molar-refractivity contribution in [1.29, 1.82) is 0 Å². The molecular weight excluding hydrogens is 785 g/mol. The Morgan fingerprint density at radius 3 is 0.930 bits per heavy atom. The molecule has 3 aliphatic rings. The molecule has 3 aliphatic heterocycles. The summed E-state index contributed by atoms with van der Waals surface area (Å²) in [6.45, 7) is 15.5. The van der Waals surface area contributed by atoms with E-state index in [1.807, 2.05) is 54.6 Å². The average molecular weight is 839 g/mol. The van der Waals surface area contributed by atoms with E-state index in [0.29, 0.717) is 16.6 Å². The van der Waals surface area contributed by atoms with Crippen molar-refractivity contribution in [3.63, 3.8) is 0 Å². The number of hydrogen-bond acceptors (Lipinski definition) is 12. The Kier molecular flexibility index (Phi) is 18.2. The van der Waals surface area contributed by atoms with E-state index in [9.17, 15) is 15.3 Å². The molecule has 0 unspecified atom stereocenters. The molecule has 3 aromatic heterocycles. The number of hydrogen-bond donors (Lipinski definition) is 6. The van der Waals surface area contributed by atoms with Crippen molar-refractivity contribution in [2.45, 2.75) is 19.6 Å². The van der Waals surface area contributed by atoms with Crippen LogP contribution in [0.1, 0.15) is 16.7 Å². The first-order valence-electron chi connectivity index (χ1n) is 19.0. The fraction of sp³-hybridized carbons (Fsp3) is 0.357. The Labute approximate surface area is 352 Å². The molecule has 6 heterocycles. The van der Waals surface area contributed by atoms with Gasteiger partial charge in [-0.1, -0.05) is 36.4 Å². The molecule has 6 N–H and O–H groups in total. The van der Waals surface area contributed by atoms with Crippen LogP contribution in [-0.4, -0.2) is 124 Å². The summed E-state index contributed by atoms with van der Waals surface area (Å²) in [7, 11) is 0. The molecule has 0 radical (unpaired) electrons. The van der Waals surface area contributed by atoms with Crippen LogP contribution in [0.5, 0.6) is 17.2 Å². The first-order chi connectivity index (χ1) is 26.5. The zero-order valence-electron chi connectivity index (χ0n) is 32.0. The van der Waals surface area contributed by atoms with E-state index in [-0.39, 0.29) is 54.5 Å². The molecule has 3 aromatic carbocycles. The minimum Gasteiger partial charge on any atom is -0.506 e.